The van der Waals surface area contributed by atoms with Crippen LogP contribution < -0.4 is 4.74 Å². The Hall–Kier alpha value is -2.10. The van der Waals surface area contributed by atoms with E-state index in [0.717, 1.165) is 0 Å². The first-order chi connectivity index (χ1) is 11.9. The maximum absolute atomic E-state index is 12.9. The molecule has 132 valence electrons. The molecular formula is C16H16N2O5S2. The molecule has 7 nitrogen and oxygen atoms in total. The van der Waals surface area contributed by atoms with Gasteiger partial charge in [0.2, 0.25) is 10.0 Å². The summed E-state index contributed by atoms with van der Waals surface area (Å²) in [4.78, 5) is 10.9. The average Bonchev–Trinajstić information content (AvgIpc) is 3.12. The van der Waals surface area contributed by atoms with E-state index in [4.69, 9.17) is 4.74 Å². The van der Waals surface area contributed by atoms with Gasteiger partial charge in [-0.1, -0.05) is 24.3 Å². The van der Waals surface area contributed by atoms with Gasteiger partial charge in [-0.2, -0.15) is 4.31 Å². The van der Waals surface area contributed by atoms with E-state index in [2.05, 4.69) is 0 Å². The molecule has 1 fully saturated rings. The second kappa shape index (κ2) is 7.03. The number of thioether (sulfide) groups is 1. The second-order valence-corrected chi connectivity index (χ2v) is 8.42. The zero-order valence-electron chi connectivity index (χ0n) is 13.4. The van der Waals surface area contributed by atoms with E-state index < -0.39 is 20.3 Å². The molecule has 1 heterocycles. The monoisotopic (exact) mass is 380 g/mol. The zero-order chi connectivity index (χ0) is 18.0. The van der Waals surface area contributed by atoms with Crippen molar-refractivity contribution < 1.29 is 18.1 Å². The Labute approximate surface area is 149 Å². The molecule has 2 aromatic carbocycles. The molecule has 2 aromatic rings. The fraction of sp³-hybridized carbons (Fsp3) is 0.250. The van der Waals surface area contributed by atoms with Crippen molar-refractivity contribution in [2.75, 3.05) is 19.4 Å². The Morgan fingerprint density at radius 2 is 1.96 bits per heavy atom. The van der Waals surface area contributed by atoms with Crippen LogP contribution in [-0.4, -0.2) is 37.1 Å². The number of hydrogen-bond acceptors (Lipinski definition) is 6. The minimum Gasteiger partial charge on any atom is -0.490 e. The predicted molar refractivity (Wildman–Crippen MR) is 95.2 cm³/mol. The van der Waals surface area contributed by atoms with Gasteiger partial charge in [0.25, 0.3) is 0 Å². The lowest BCUT2D eigenvalue weighted by Crippen LogP contribution is -2.30. The number of methoxy groups -OCH3 is 1. The molecule has 0 aromatic heterocycles. The number of benzene rings is 2. The van der Waals surface area contributed by atoms with Gasteiger partial charge in [0, 0.05) is 18.4 Å². The van der Waals surface area contributed by atoms with Crippen molar-refractivity contribution in [3.63, 3.8) is 0 Å². The van der Waals surface area contributed by atoms with Crippen LogP contribution >= 0.6 is 11.8 Å². The van der Waals surface area contributed by atoms with Crippen molar-refractivity contribution in [3.8, 4) is 5.75 Å². The Bertz CT molecular complexity index is 887. The summed E-state index contributed by atoms with van der Waals surface area (Å²) in [7, 11) is -2.31. The van der Waals surface area contributed by atoms with E-state index in [1.54, 1.807) is 36.4 Å². The molecule has 1 aliphatic heterocycles. The molecule has 0 spiro atoms. The maximum Gasteiger partial charge on any atom is 0.311 e. The van der Waals surface area contributed by atoms with Crippen molar-refractivity contribution in [1.82, 2.24) is 4.31 Å². The highest BCUT2D eigenvalue weighted by atomic mass is 32.2. The average molecular weight is 380 g/mol. The first kappa shape index (κ1) is 17.7. The summed E-state index contributed by atoms with van der Waals surface area (Å²) in [5.74, 6) is 0.769. The van der Waals surface area contributed by atoms with Gasteiger partial charge in [-0.3, -0.25) is 10.1 Å². The molecule has 1 atom stereocenters. The van der Waals surface area contributed by atoms with Crippen LogP contribution in [0, 0.1) is 10.1 Å². The van der Waals surface area contributed by atoms with Crippen LogP contribution in [0.3, 0.4) is 0 Å². The number of rotatable bonds is 5. The van der Waals surface area contributed by atoms with Crippen molar-refractivity contribution in [1.29, 1.82) is 0 Å². The quantitative estimate of drug-likeness (QED) is 0.585. The summed E-state index contributed by atoms with van der Waals surface area (Å²) >= 11 is 1.44. The molecule has 25 heavy (non-hydrogen) atoms. The van der Waals surface area contributed by atoms with Crippen LogP contribution in [0.15, 0.2) is 53.4 Å². The number of sulfonamides is 1. The van der Waals surface area contributed by atoms with Crippen molar-refractivity contribution in [3.05, 3.63) is 64.2 Å². The summed E-state index contributed by atoms with van der Waals surface area (Å²) in [6, 6.07) is 12.7. The Morgan fingerprint density at radius 1 is 1.24 bits per heavy atom. The van der Waals surface area contributed by atoms with Gasteiger partial charge in [0.1, 0.15) is 0 Å². The third-order valence-corrected chi connectivity index (χ3v) is 7.16. The molecule has 0 radical (unpaired) electrons. The molecule has 0 aliphatic carbocycles. The summed E-state index contributed by atoms with van der Waals surface area (Å²) in [5, 5.41) is 10.7. The van der Waals surface area contributed by atoms with E-state index >= 15 is 0 Å². The van der Waals surface area contributed by atoms with Gasteiger partial charge in [0.05, 0.1) is 22.3 Å². The minimum absolute atomic E-state index is 0.147. The Kier molecular flexibility index (Phi) is 4.98. The van der Waals surface area contributed by atoms with Crippen molar-refractivity contribution in [2.45, 2.75) is 10.3 Å². The van der Waals surface area contributed by atoms with Crippen LogP contribution in [0.25, 0.3) is 0 Å². The van der Waals surface area contributed by atoms with Gasteiger partial charge in [-0.15, -0.1) is 11.8 Å². The first-order valence-corrected chi connectivity index (χ1v) is 9.95. The third kappa shape index (κ3) is 3.35. The summed E-state index contributed by atoms with van der Waals surface area (Å²) < 4.78 is 32.2. The topological polar surface area (TPSA) is 89.8 Å². The normalized spacial score (nSPS) is 18.2. The minimum atomic E-state index is -3.67. The van der Waals surface area contributed by atoms with Crippen LogP contribution in [0.1, 0.15) is 10.9 Å². The second-order valence-electron chi connectivity index (χ2n) is 5.34. The number of hydrogen-bond donors (Lipinski definition) is 0. The van der Waals surface area contributed by atoms with Gasteiger partial charge in [-0.25, -0.2) is 8.42 Å². The lowest BCUT2D eigenvalue weighted by atomic mass is 10.2. The molecule has 0 N–H and O–H groups in total. The predicted octanol–water partition coefficient (Wildman–Crippen LogP) is 3.04. The molecule has 0 saturated carbocycles. The van der Waals surface area contributed by atoms with E-state index in [1.807, 2.05) is 0 Å². The van der Waals surface area contributed by atoms with E-state index in [-0.39, 0.29) is 16.3 Å². The largest absolute Gasteiger partial charge is 0.490 e. The zero-order valence-corrected chi connectivity index (χ0v) is 15.0. The van der Waals surface area contributed by atoms with E-state index in [0.29, 0.717) is 17.9 Å². The van der Waals surface area contributed by atoms with Crippen molar-refractivity contribution in [2.24, 2.45) is 0 Å². The smallest absolute Gasteiger partial charge is 0.311 e. The molecule has 9 heteroatoms. The fourth-order valence-corrected chi connectivity index (χ4v) is 5.95. The summed E-state index contributed by atoms with van der Waals surface area (Å²) in [6.45, 7) is 0.354. The number of ether oxygens (including phenoxy) is 1. The van der Waals surface area contributed by atoms with E-state index in [1.165, 1.54) is 35.3 Å². The molecule has 1 aliphatic rings. The van der Waals surface area contributed by atoms with E-state index in [9.17, 15) is 18.5 Å². The fourth-order valence-electron chi connectivity index (χ4n) is 2.69. The lowest BCUT2D eigenvalue weighted by Gasteiger charge is -2.23. The third-order valence-electron chi connectivity index (χ3n) is 3.88. The molecule has 0 amide bonds. The molecule has 1 unspecified atom stereocenters. The Morgan fingerprint density at radius 3 is 2.60 bits per heavy atom. The van der Waals surface area contributed by atoms with Crippen LogP contribution in [0.4, 0.5) is 5.69 Å². The number of nitro benzene ring substituents is 1. The van der Waals surface area contributed by atoms with Crippen LogP contribution in [0.2, 0.25) is 0 Å². The van der Waals surface area contributed by atoms with Gasteiger partial charge in [-0.05, 0) is 23.8 Å². The first-order valence-electron chi connectivity index (χ1n) is 7.46. The summed E-state index contributed by atoms with van der Waals surface area (Å²) in [5.41, 5.74) is 0.388. The molecular weight excluding hydrogens is 364 g/mol. The van der Waals surface area contributed by atoms with Crippen LogP contribution in [0.5, 0.6) is 5.75 Å². The lowest BCUT2D eigenvalue weighted by molar-refractivity contribution is -0.385. The van der Waals surface area contributed by atoms with Gasteiger partial charge < -0.3 is 4.74 Å². The van der Waals surface area contributed by atoms with Crippen LogP contribution in [-0.2, 0) is 10.0 Å². The van der Waals surface area contributed by atoms with Gasteiger partial charge in [0.15, 0.2) is 5.75 Å². The highest BCUT2D eigenvalue weighted by Crippen LogP contribution is 2.43. The Balaban J connectivity index is 2.00. The molecule has 0 bridgehead atoms. The van der Waals surface area contributed by atoms with Gasteiger partial charge >= 0.3 is 5.69 Å². The summed E-state index contributed by atoms with van der Waals surface area (Å²) in [6.07, 6.45) is 0. The molecule has 1 saturated heterocycles. The molecule has 3 rings (SSSR count). The maximum atomic E-state index is 12.9. The SMILES string of the molecule is COc1ccc(C2SCCN2S(=O)(=O)c2ccccc2)cc1[N+](=O)[O-]. The number of nitrogens with zero attached hydrogens (tertiary/aromatic N) is 2. The highest BCUT2D eigenvalue weighted by molar-refractivity contribution is 8.01. The number of nitro groups is 1. The standard InChI is InChI=1S/C16H16N2O5S2/c1-23-15-8-7-12(11-14(15)18(19)20)16-17(9-10-24-16)25(21,22)13-5-3-2-4-6-13/h2-8,11,16H,9-10H2,1H3. The highest BCUT2D eigenvalue weighted by Gasteiger charge is 2.37. The van der Waals surface area contributed by atoms with Crippen molar-refractivity contribution >= 4 is 27.5 Å².